The normalized spacial score (nSPS) is 22.7. The largest absolute Gasteiger partial charge is 0.394 e. The summed E-state index contributed by atoms with van der Waals surface area (Å²) in [6.45, 7) is 25.1. The number of aliphatic hydroxyl groups excluding tert-OH is 4. The van der Waals surface area contributed by atoms with Crippen LogP contribution in [0.3, 0.4) is 0 Å². The summed E-state index contributed by atoms with van der Waals surface area (Å²) in [5.74, 6) is 2.15. The number of nitrogens with zero attached hydrogens (tertiary/aromatic N) is 15. The van der Waals surface area contributed by atoms with Crippen molar-refractivity contribution in [3.05, 3.63) is 127 Å². The molecule has 0 spiro atoms. The molecular formula is C91H140N18O4. The molecule has 9 aromatic rings. The first-order valence-electron chi connectivity index (χ1n) is 43.2. The minimum Gasteiger partial charge on any atom is -0.394 e. The van der Waals surface area contributed by atoms with Crippen molar-refractivity contribution < 1.29 is 24.5 Å². The SMILES string of the molecule is C.C.C.CCC(C)C(C)Nc1ncc2c(-c3ccc(CN4CCN(C)CC4)cc3)cn(C3CCC(O)CC3)c2n1.CCC[C@H](CO)Nc1ncc2c(-c3ccc(CN4CCN(C)CC4)cc3)cn(C3CCC(O)CC3)c2n1.[2H]C([2H])([2H])[C@@H](CCC)Nc1ncc2c(-c3ccc(CN4CCN(C)CC4)cc3)cn(C3CCC(O)CC3)c2n1. The van der Waals surface area contributed by atoms with Crippen LogP contribution in [-0.4, -0.2) is 236 Å². The van der Waals surface area contributed by atoms with Crippen molar-refractivity contribution in [2.75, 3.05) is 122 Å². The lowest BCUT2D eigenvalue weighted by Crippen LogP contribution is -2.43. The number of likely N-dealkylation sites (N-methyl/N-ethyl adjacent to an activating group) is 3. The Labute approximate surface area is 680 Å². The van der Waals surface area contributed by atoms with Gasteiger partial charge in [-0.3, -0.25) is 14.7 Å². The van der Waals surface area contributed by atoms with E-state index in [1.165, 1.54) is 33.4 Å². The molecule has 0 radical (unpaired) electrons. The monoisotopic (exact) mass is 1550 g/mol. The Morgan fingerprint density at radius 1 is 0.425 bits per heavy atom. The van der Waals surface area contributed by atoms with E-state index in [0.29, 0.717) is 48.3 Å². The second kappa shape index (κ2) is 41.9. The van der Waals surface area contributed by atoms with Crippen molar-refractivity contribution in [1.29, 1.82) is 0 Å². The fraction of sp³-hybridized carbons (Fsp3) is 0.604. The fourth-order valence-corrected chi connectivity index (χ4v) is 16.9. The van der Waals surface area contributed by atoms with Crippen molar-refractivity contribution in [2.45, 2.75) is 247 Å². The van der Waals surface area contributed by atoms with Gasteiger partial charge in [0.25, 0.3) is 0 Å². The number of fused-ring (bicyclic) bond motifs is 3. The topological polar surface area (TPSA) is 229 Å². The third-order valence-electron chi connectivity index (χ3n) is 24.6. The second-order valence-electron chi connectivity index (χ2n) is 33.0. The maximum atomic E-state index is 10.1. The molecule has 3 aliphatic carbocycles. The summed E-state index contributed by atoms with van der Waals surface area (Å²) in [5, 5.41) is 53.1. The average Bonchev–Trinajstić information content (AvgIpc) is 1.63. The number of hydrogen-bond donors (Lipinski definition) is 7. The molecule has 4 atom stereocenters. The first-order valence-corrected chi connectivity index (χ1v) is 41.7. The number of piperazine rings is 3. The average molecular weight is 1550 g/mol. The molecule has 3 saturated carbocycles. The third kappa shape index (κ3) is 22.8. The minimum atomic E-state index is -2.13. The first-order chi connectivity index (χ1) is 54.6. The van der Waals surface area contributed by atoms with Crippen LogP contribution in [0.15, 0.2) is 110 Å². The first kappa shape index (κ1) is 83.5. The van der Waals surface area contributed by atoms with Crippen LogP contribution in [0.1, 0.15) is 212 Å². The Morgan fingerprint density at radius 3 is 1.03 bits per heavy atom. The molecule has 6 aliphatic rings. The van der Waals surface area contributed by atoms with Gasteiger partial charge >= 0.3 is 0 Å². The predicted octanol–water partition coefficient (Wildman–Crippen LogP) is 15.9. The molecule has 3 aromatic carbocycles. The highest BCUT2D eigenvalue weighted by molar-refractivity contribution is 5.96. The summed E-state index contributed by atoms with van der Waals surface area (Å²) < 4.78 is 30.7. The molecule has 6 aromatic heterocycles. The molecule has 3 aliphatic heterocycles. The molecular weight excluding hydrogens is 1410 g/mol. The number of hydrogen-bond acceptors (Lipinski definition) is 19. The number of nitrogens with one attached hydrogen (secondary N) is 3. The smallest absolute Gasteiger partial charge is 0.224 e. The highest BCUT2D eigenvalue weighted by Gasteiger charge is 2.30. The zero-order valence-corrected chi connectivity index (χ0v) is 67.0. The van der Waals surface area contributed by atoms with Crippen LogP contribution in [0.25, 0.3) is 66.5 Å². The van der Waals surface area contributed by atoms with Gasteiger partial charge in [0.1, 0.15) is 16.9 Å². The van der Waals surface area contributed by atoms with Crippen LogP contribution < -0.4 is 16.0 Å². The van der Waals surface area contributed by atoms with E-state index < -0.39 is 12.9 Å². The molecule has 22 heteroatoms. The Hall–Kier alpha value is -7.48. The lowest BCUT2D eigenvalue weighted by Gasteiger charge is -2.32. The third-order valence-corrected chi connectivity index (χ3v) is 24.6. The van der Waals surface area contributed by atoms with E-state index in [4.69, 9.17) is 24.0 Å². The molecule has 0 bridgehead atoms. The van der Waals surface area contributed by atoms with Gasteiger partial charge in [-0.1, -0.05) is 142 Å². The standard InChI is InChI=1S/C30H44N6O.C29H42N6O2.C29H42N6O.3CH4/c1-5-21(2)22(3)32-30-31-18-27-28(20-36(29(27)33-30)25-10-12-26(37)13-11-25)24-8-6-23(7-9-24)19-35-16-14-34(4)15-17-35;1-3-4-23(20-36)31-29-30-17-26-27(19-35(28(26)32-29)24-9-11-25(37)12-10-24)22-7-5-21(6-8-22)18-34-15-13-33(2)14-16-34;1-4-5-21(2)31-29-30-18-26-27(20-35(28(26)32-29)24-10-12-25(36)13-11-24)23-8-6-22(7-9-23)19-34-16-14-33(3)15-17-34;;;/h6-9,18,20-22,25-26,37H,5,10-17,19H2,1-4H3,(H,31,32,33);5-8,17,19,23-25,36-37H,3-4,9-16,18,20H2,1-2H3,(H,30,31,32);6-9,18,20-21,24-25,36H,4-5,10-17,19H2,1-3H3,(H,30,31,32);3*1H4/t;23-,24?,25?;21-,24?,25?;;;/m.10.../s1/i;;2D3;;;. The molecule has 0 amide bonds. The molecule has 2 unspecified atom stereocenters. The van der Waals surface area contributed by atoms with Gasteiger partial charge in [-0.15, -0.1) is 0 Å². The van der Waals surface area contributed by atoms with Gasteiger partial charge in [-0.05, 0) is 164 Å². The highest BCUT2D eigenvalue weighted by atomic mass is 16.3. The molecule has 6 fully saturated rings. The summed E-state index contributed by atoms with van der Waals surface area (Å²) in [5.41, 5.74) is 13.6. The van der Waals surface area contributed by atoms with Crippen molar-refractivity contribution in [3.8, 4) is 33.4 Å². The zero-order chi connectivity index (χ0) is 79.3. The minimum absolute atomic E-state index is 0. The van der Waals surface area contributed by atoms with Crippen LogP contribution >= 0.6 is 0 Å². The Bertz CT molecular complexity index is 4260. The summed E-state index contributed by atoms with van der Waals surface area (Å²) >= 11 is 0. The Kier molecular flexibility index (Phi) is 30.9. The maximum Gasteiger partial charge on any atom is 0.224 e. The highest BCUT2D eigenvalue weighted by Crippen LogP contribution is 2.41. The van der Waals surface area contributed by atoms with E-state index in [1.807, 2.05) is 25.5 Å². The van der Waals surface area contributed by atoms with E-state index in [2.05, 4.69) is 209 Å². The van der Waals surface area contributed by atoms with Crippen molar-refractivity contribution >= 4 is 50.9 Å². The van der Waals surface area contributed by atoms with Crippen LogP contribution in [0.2, 0.25) is 0 Å². The Morgan fingerprint density at radius 2 is 0.735 bits per heavy atom. The number of aliphatic hydroxyl groups is 4. The lowest BCUT2D eigenvalue weighted by molar-refractivity contribution is 0.111. The molecule has 15 rings (SSSR count). The van der Waals surface area contributed by atoms with E-state index in [1.54, 1.807) is 0 Å². The quantitative estimate of drug-likeness (QED) is 0.0282. The molecule has 618 valence electrons. The number of anilines is 3. The predicted molar refractivity (Wildman–Crippen MR) is 468 cm³/mol. The number of rotatable bonds is 25. The van der Waals surface area contributed by atoms with Crippen molar-refractivity contribution in [2.24, 2.45) is 5.92 Å². The zero-order valence-electron chi connectivity index (χ0n) is 70.0. The summed E-state index contributed by atoms with van der Waals surface area (Å²) in [6.07, 6.45) is 26.5. The molecule has 22 nitrogen and oxygen atoms in total. The van der Waals surface area contributed by atoms with Gasteiger partial charge in [-0.25, -0.2) is 15.0 Å². The van der Waals surface area contributed by atoms with Crippen LogP contribution in [0, 0.1) is 5.92 Å². The van der Waals surface area contributed by atoms with Crippen LogP contribution in [0.5, 0.6) is 0 Å². The van der Waals surface area contributed by atoms with Gasteiger partial charge in [0.05, 0.1) is 31.0 Å². The van der Waals surface area contributed by atoms with Crippen LogP contribution in [-0.2, 0) is 19.6 Å². The van der Waals surface area contributed by atoms with Gasteiger partial charge < -0.3 is 64.8 Å². The van der Waals surface area contributed by atoms with Gasteiger partial charge in [-0.2, -0.15) is 15.0 Å². The lowest BCUT2D eigenvalue weighted by atomic mass is 9.93. The Balaban J connectivity index is 0.000000181. The van der Waals surface area contributed by atoms with E-state index >= 15 is 0 Å². The summed E-state index contributed by atoms with van der Waals surface area (Å²) in [7, 11) is 6.57. The van der Waals surface area contributed by atoms with Gasteiger partial charge in [0.15, 0.2) is 0 Å². The number of aromatic nitrogens is 9. The summed E-state index contributed by atoms with van der Waals surface area (Å²) in [4.78, 5) is 43.5. The maximum absolute atomic E-state index is 10.1. The van der Waals surface area contributed by atoms with Gasteiger partial charge in [0.2, 0.25) is 17.8 Å². The second-order valence-corrected chi connectivity index (χ2v) is 33.0. The molecule has 7 N–H and O–H groups in total. The fourth-order valence-electron chi connectivity index (χ4n) is 16.9. The molecule has 9 heterocycles. The summed E-state index contributed by atoms with van der Waals surface area (Å²) in [6, 6.07) is 27.3. The van der Waals surface area contributed by atoms with E-state index in [0.717, 1.165) is 251 Å². The van der Waals surface area contributed by atoms with E-state index in [-0.39, 0.29) is 59.3 Å². The van der Waals surface area contributed by atoms with Crippen molar-refractivity contribution in [3.63, 3.8) is 0 Å². The number of benzene rings is 3. The van der Waals surface area contributed by atoms with Gasteiger partial charge in [0, 0.05) is 203 Å². The van der Waals surface area contributed by atoms with E-state index in [9.17, 15) is 20.4 Å². The molecule has 113 heavy (non-hydrogen) atoms. The molecule has 3 saturated heterocycles. The van der Waals surface area contributed by atoms with Crippen LogP contribution in [0.4, 0.5) is 17.8 Å². The van der Waals surface area contributed by atoms with Crippen molar-refractivity contribution in [1.82, 2.24) is 73.0 Å².